The Morgan fingerprint density at radius 3 is 2.25 bits per heavy atom. The number of Topliss-reactive ketones (excluding diaryl/α,β-unsaturated/α-hetero) is 1. The standard InChI is InChI=1S/C18H27N3O3/c1-15-4-6-21(7-5-15)18(23)14-20-10-8-19(9-11-20)13-16(22)17-3-2-12-24-17/h2-3,12,15H,4-11,13-14H2,1H3. The number of likely N-dealkylation sites (tertiary alicyclic amines) is 1. The number of nitrogens with zero attached hydrogens (tertiary/aromatic N) is 3. The molecule has 0 aliphatic carbocycles. The summed E-state index contributed by atoms with van der Waals surface area (Å²) in [5.41, 5.74) is 0. The van der Waals surface area contributed by atoms with Crippen molar-refractivity contribution in [3.63, 3.8) is 0 Å². The molecule has 24 heavy (non-hydrogen) atoms. The summed E-state index contributed by atoms with van der Waals surface area (Å²) in [6.45, 7) is 8.25. The molecule has 0 aromatic carbocycles. The van der Waals surface area contributed by atoms with Gasteiger partial charge < -0.3 is 9.32 Å². The maximum atomic E-state index is 12.4. The molecule has 6 heteroatoms. The molecule has 132 valence electrons. The normalized spacial score (nSPS) is 21.1. The third kappa shape index (κ3) is 4.45. The summed E-state index contributed by atoms with van der Waals surface area (Å²) in [6.07, 6.45) is 3.76. The van der Waals surface area contributed by atoms with Crippen molar-refractivity contribution < 1.29 is 14.0 Å². The minimum absolute atomic E-state index is 0.0203. The van der Waals surface area contributed by atoms with Crippen molar-refractivity contribution in [2.75, 3.05) is 52.4 Å². The van der Waals surface area contributed by atoms with E-state index in [2.05, 4.69) is 16.7 Å². The zero-order chi connectivity index (χ0) is 16.9. The van der Waals surface area contributed by atoms with Gasteiger partial charge in [-0.05, 0) is 30.9 Å². The topological polar surface area (TPSA) is 57.0 Å². The van der Waals surface area contributed by atoms with Gasteiger partial charge in [0.25, 0.3) is 0 Å². The second kappa shape index (κ2) is 7.94. The van der Waals surface area contributed by atoms with Gasteiger partial charge in [-0.2, -0.15) is 0 Å². The average Bonchev–Trinajstić information content (AvgIpc) is 3.12. The predicted octanol–water partition coefficient (Wildman–Crippen LogP) is 1.34. The lowest BCUT2D eigenvalue weighted by atomic mass is 9.99. The molecule has 3 heterocycles. The lowest BCUT2D eigenvalue weighted by molar-refractivity contribution is -0.134. The van der Waals surface area contributed by atoms with Crippen LogP contribution in [0.15, 0.2) is 22.8 Å². The quantitative estimate of drug-likeness (QED) is 0.761. The van der Waals surface area contributed by atoms with E-state index in [1.807, 2.05) is 4.90 Å². The summed E-state index contributed by atoms with van der Waals surface area (Å²) in [4.78, 5) is 30.8. The minimum atomic E-state index is 0.0203. The highest BCUT2D eigenvalue weighted by Crippen LogP contribution is 2.16. The molecular formula is C18H27N3O3. The fraction of sp³-hybridized carbons (Fsp3) is 0.667. The SMILES string of the molecule is CC1CCN(C(=O)CN2CCN(CC(=O)c3ccco3)CC2)CC1. The second-order valence-electron chi connectivity index (χ2n) is 7.02. The zero-order valence-electron chi connectivity index (χ0n) is 14.4. The average molecular weight is 333 g/mol. The molecule has 0 spiro atoms. The first-order valence-electron chi connectivity index (χ1n) is 8.91. The second-order valence-corrected chi connectivity index (χ2v) is 7.02. The number of hydrogen-bond donors (Lipinski definition) is 0. The van der Waals surface area contributed by atoms with Gasteiger partial charge in [-0.3, -0.25) is 19.4 Å². The van der Waals surface area contributed by atoms with Gasteiger partial charge in [0, 0.05) is 39.3 Å². The summed E-state index contributed by atoms with van der Waals surface area (Å²) in [5.74, 6) is 1.44. The van der Waals surface area contributed by atoms with Crippen LogP contribution < -0.4 is 0 Å². The van der Waals surface area contributed by atoms with E-state index >= 15 is 0 Å². The fourth-order valence-electron chi connectivity index (χ4n) is 3.37. The lowest BCUT2D eigenvalue weighted by Gasteiger charge is -2.36. The van der Waals surface area contributed by atoms with Gasteiger partial charge in [-0.1, -0.05) is 6.92 Å². The molecule has 1 aromatic rings. The van der Waals surface area contributed by atoms with E-state index in [9.17, 15) is 9.59 Å². The Labute approximate surface area is 143 Å². The highest BCUT2D eigenvalue weighted by molar-refractivity contribution is 5.95. The molecule has 0 radical (unpaired) electrons. The first kappa shape index (κ1) is 17.2. The highest BCUT2D eigenvalue weighted by atomic mass is 16.3. The van der Waals surface area contributed by atoms with E-state index in [1.54, 1.807) is 12.1 Å². The molecule has 2 fully saturated rings. The van der Waals surface area contributed by atoms with Crippen LogP contribution in [0.25, 0.3) is 0 Å². The van der Waals surface area contributed by atoms with Crippen LogP contribution in [0.3, 0.4) is 0 Å². The molecule has 2 aliphatic heterocycles. The minimum Gasteiger partial charge on any atom is -0.461 e. The third-order valence-corrected chi connectivity index (χ3v) is 5.12. The molecule has 0 atom stereocenters. The largest absolute Gasteiger partial charge is 0.461 e. The summed E-state index contributed by atoms with van der Waals surface area (Å²) in [7, 11) is 0. The highest BCUT2D eigenvalue weighted by Gasteiger charge is 2.25. The Balaban J connectivity index is 1.39. The molecule has 1 aromatic heterocycles. The molecule has 2 saturated heterocycles. The van der Waals surface area contributed by atoms with Crippen LogP contribution in [-0.2, 0) is 4.79 Å². The van der Waals surface area contributed by atoms with Crippen molar-refractivity contribution in [3.05, 3.63) is 24.2 Å². The fourth-order valence-corrected chi connectivity index (χ4v) is 3.37. The van der Waals surface area contributed by atoms with Gasteiger partial charge in [0.2, 0.25) is 11.7 Å². The maximum Gasteiger partial charge on any atom is 0.236 e. The van der Waals surface area contributed by atoms with Crippen molar-refractivity contribution in [2.45, 2.75) is 19.8 Å². The molecule has 6 nitrogen and oxygen atoms in total. The van der Waals surface area contributed by atoms with Gasteiger partial charge in [0.05, 0.1) is 19.4 Å². The van der Waals surface area contributed by atoms with Crippen LogP contribution in [0.4, 0.5) is 0 Å². The van der Waals surface area contributed by atoms with Crippen LogP contribution in [0.5, 0.6) is 0 Å². The van der Waals surface area contributed by atoms with Gasteiger partial charge in [-0.15, -0.1) is 0 Å². The number of piperidine rings is 1. The van der Waals surface area contributed by atoms with Crippen molar-refractivity contribution in [3.8, 4) is 0 Å². The number of ketones is 1. The molecular weight excluding hydrogens is 306 g/mol. The molecule has 0 unspecified atom stereocenters. The number of piperazine rings is 1. The van der Waals surface area contributed by atoms with E-state index in [1.165, 1.54) is 6.26 Å². The number of hydrogen-bond acceptors (Lipinski definition) is 5. The molecule has 3 rings (SSSR count). The van der Waals surface area contributed by atoms with Crippen LogP contribution >= 0.6 is 0 Å². The van der Waals surface area contributed by atoms with Crippen LogP contribution in [-0.4, -0.2) is 78.7 Å². The Hall–Kier alpha value is -1.66. The first-order valence-corrected chi connectivity index (χ1v) is 8.91. The monoisotopic (exact) mass is 333 g/mol. The molecule has 2 aliphatic rings. The van der Waals surface area contributed by atoms with Gasteiger partial charge in [0.15, 0.2) is 5.76 Å². The molecule has 0 bridgehead atoms. The number of carbonyl (C=O) groups is 2. The van der Waals surface area contributed by atoms with E-state index in [0.717, 1.165) is 58.0 Å². The van der Waals surface area contributed by atoms with Gasteiger partial charge >= 0.3 is 0 Å². The smallest absolute Gasteiger partial charge is 0.236 e. The molecule has 0 N–H and O–H groups in total. The summed E-state index contributed by atoms with van der Waals surface area (Å²) >= 11 is 0. The maximum absolute atomic E-state index is 12.4. The van der Waals surface area contributed by atoms with Gasteiger partial charge in [-0.25, -0.2) is 0 Å². The predicted molar refractivity (Wildman–Crippen MR) is 90.9 cm³/mol. The lowest BCUT2D eigenvalue weighted by Crippen LogP contribution is -2.51. The number of amides is 1. The number of rotatable bonds is 5. The Morgan fingerprint density at radius 2 is 1.67 bits per heavy atom. The van der Waals surface area contributed by atoms with E-state index < -0.39 is 0 Å². The van der Waals surface area contributed by atoms with E-state index in [-0.39, 0.29) is 11.7 Å². The molecule has 1 amide bonds. The third-order valence-electron chi connectivity index (χ3n) is 5.12. The van der Waals surface area contributed by atoms with Crippen LogP contribution in [0.2, 0.25) is 0 Å². The van der Waals surface area contributed by atoms with E-state index in [4.69, 9.17) is 4.42 Å². The Morgan fingerprint density at radius 1 is 1.04 bits per heavy atom. The van der Waals surface area contributed by atoms with Crippen LogP contribution in [0, 0.1) is 5.92 Å². The molecule has 0 saturated carbocycles. The van der Waals surface area contributed by atoms with Crippen molar-refractivity contribution >= 4 is 11.7 Å². The zero-order valence-corrected chi connectivity index (χ0v) is 14.4. The van der Waals surface area contributed by atoms with Crippen molar-refractivity contribution in [1.29, 1.82) is 0 Å². The van der Waals surface area contributed by atoms with E-state index in [0.29, 0.717) is 18.8 Å². The van der Waals surface area contributed by atoms with Crippen molar-refractivity contribution in [1.82, 2.24) is 14.7 Å². The van der Waals surface area contributed by atoms with Crippen molar-refractivity contribution in [2.24, 2.45) is 5.92 Å². The Bertz CT molecular complexity index is 542. The summed E-state index contributed by atoms with van der Waals surface area (Å²) in [6, 6.07) is 3.44. The number of carbonyl (C=O) groups excluding carboxylic acids is 2. The first-order chi connectivity index (χ1) is 11.6. The number of furan rings is 1. The Kier molecular flexibility index (Phi) is 5.68. The summed E-state index contributed by atoms with van der Waals surface area (Å²) < 4.78 is 5.15. The van der Waals surface area contributed by atoms with Gasteiger partial charge in [0.1, 0.15) is 0 Å². The summed E-state index contributed by atoms with van der Waals surface area (Å²) in [5, 5.41) is 0. The van der Waals surface area contributed by atoms with Crippen LogP contribution in [0.1, 0.15) is 30.3 Å².